The van der Waals surface area contributed by atoms with E-state index in [4.69, 9.17) is 14.6 Å². The van der Waals surface area contributed by atoms with Crippen LogP contribution in [0.3, 0.4) is 0 Å². The number of aliphatic carboxylic acids is 1. The van der Waals surface area contributed by atoms with Gasteiger partial charge in [-0.3, -0.25) is 4.79 Å². The third-order valence-electron chi connectivity index (χ3n) is 2.43. The molecule has 1 aromatic rings. The summed E-state index contributed by atoms with van der Waals surface area (Å²) >= 11 is 0. The summed E-state index contributed by atoms with van der Waals surface area (Å²) in [5, 5.41) is 11.6. The average Bonchev–Trinajstić information content (AvgIpc) is 2.29. The Balaban J connectivity index is 2.85. The first kappa shape index (κ1) is 13.2. The second-order valence-electron chi connectivity index (χ2n) is 3.54. The number of nitrogens with one attached hydrogen (secondary N) is 1. The molecular weight excluding hydrogens is 222 g/mol. The molecule has 0 saturated heterocycles. The van der Waals surface area contributed by atoms with Crippen molar-refractivity contribution in [2.24, 2.45) is 0 Å². The molecule has 5 nitrogen and oxygen atoms in total. The molecule has 5 heteroatoms. The average molecular weight is 239 g/mol. The van der Waals surface area contributed by atoms with E-state index in [0.717, 1.165) is 17.0 Å². The number of methoxy groups -OCH3 is 2. The Hall–Kier alpha value is -1.91. The third kappa shape index (κ3) is 3.27. The molecule has 0 aliphatic heterocycles. The van der Waals surface area contributed by atoms with Crippen molar-refractivity contribution < 1.29 is 19.4 Å². The van der Waals surface area contributed by atoms with Crippen molar-refractivity contribution >= 4 is 11.7 Å². The maximum Gasteiger partial charge on any atom is 0.305 e. The van der Waals surface area contributed by atoms with E-state index in [1.807, 2.05) is 19.1 Å². The number of carboxylic acid groups (broad SMARTS) is 1. The fourth-order valence-corrected chi connectivity index (χ4v) is 1.60. The summed E-state index contributed by atoms with van der Waals surface area (Å²) < 4.78 is 10.5. The van der Waals surface area contributed by atoms with Crippen LogP contribution in [-0.2, 0) is 4.79 Å². The van der Waals surface area contributed by atoms with Crippen molar-refractivity contribution in [1.29, 1.82) is 0 Å². The normalized spacial score (nSPS) is 9.82. The van der Waals surface area contributed by atoms with Crippen LogP contribution in [0.5, 0.6) is 11.5 Å². The van der Waals surface area contributed by atoms with E-state index >= 15 is 0 Å². The van der Waals surface area contributed by atoms with Gasteiger partial charge in [0.15, 0.2) is 0 Å². The maximum absolute atomic E-state index is 10.4. The molecule has 0 aromatic heterocycles. The zero-order chi connectivity index (χ0) is 12.8. The first-order chi connectivity index (χ1) is 8.10. The van der Waals surface area contributed by atoms with Gasteiger partial charge in [0.2, 0.25) is 0 Å². The van der Waals surface area contributed by atoms with Crippen LogP contribution >= 0.6 is 0 Å². The smallest absolute Gasteiger partial charge is 0.305 e. The van der Waals surface area contributed by atoms with Crippen LogP contribution in [0.2, 0.25) is 0 Å². The fourth-order valence-electron chi connectivity index (χ4n) is 1.60. The minimum Gasteiger partial charge on any atom is -0.496 e. The Morgan fingerprint density at radius 3 is 2.59 bits per heavy atom. The molecule has 94 valence electrons. The molecule has 17 heavy (non-hydrogen) atoms. The highest BCUT2D eigenvalue weighted by Crippen LogP contribution is 2.34. The predicted octanol–water partition coefficient (Wildman–Crippen LogP) is 1.90. The largest absolute Gasteiger partial charge is 0.496 e. The topological polar surface area (TPSA) is 67.8 Å². The van der Waals surface area contributed by atoms with Gasteiger partial charge in [-0.2, -0.15) is 0 Å². The molecule has 0 saturated carbocycles. The van der Waals surface area contributed by atoms with Crippen molar-refractivity contribution in [2.45, 2.75) is 13.3 Å². The molecular formula is C12H17NO4. The van der Waals surface area contributed by atoms with E-state index in [1.165, 1.54) is 0 Å². The molecule has 0 bridgehead atoms. The number of anilines is 1. The van der Waals surface area contributed by atoms with Gasteiger partial charge < -0.3 is 19.9 Å². The lowest BCUT2D eigenvalue weighted by molar-refractivity contribution is -0.136. The molecule has 0 atom stereocenters. The van der Waals surface area contributed by atoms with Crippen molar-refractivity contribution in [1.82, 2.24) is 0 Å². The predicted molar refractivity (Wildman–Crippen MR) is 65.0 cm³/mol. The summed E-state index contributed by atoms with van der Waals surface area (Å²) in [6.07, 6.45) is 0.0637. The Morgan fingerprint density at radius 1 is 1.35 bits per heavy atom. The van der Waals surface area contributed by atoms with Crippen LogP contribution in [-0.4, -0.2) is 31.8 Å². The van der Waals surface area contributed by atoms with Gasteiger partial charge in [-0.05, 0) is 19.1 Å². The number of hydrogen-bond donors (Lipinski definition) is 2. The summed E-state index contributed by atoms with van der Waals surface area (Å²) in [4.78, 5) is 10.4. The van der Waals surface area contributed by atoms with E-state index in [2.05, 4.69) is 5.32 Å². The van der Waals surface area contributed by atoms with Crippen LogP contribution in [0.25, 0.3) is 0 Å². The Bertz CT molecular complexity index is 404. The lowest BCUT2D eigenvalue weighted by Gasteiger charge is -2.15. The van der Waals surface area contributed by atoms with Crippen LogP contribution in [0, 0.1) is 6.92 Å². The highest BCUT2D eigenvalue weighted by molar-refractivity contribution is 5.68. The van der Waals surface area contributed by atoms with E-state index in [1.54, 1.807) is 14.2 Å². The van der Waals surface area contributed by atoms with Gasteiger partial charge in [0.25, 0.3) is 0 Å². The molecule has 0 unspecified atom stereocenters. The molecule has 0 fully saturated rings. The second-order valence-corrected chi connectivity index (χ2v) is 3.54. The molecule has 0 aliphatic carbocycles. The Morgan fingerprint density at radius 2 is 2.06 bits per heavy atom. The number of ether oxygens (including phenoxy) is 2. The van der Waals surface area contributed by atoms with Crippen LogP contribution in [0.15, 0.2) is 12.1 Å². The number of benzene rings is 1. The summed E-state index contributed by atoms with van der Waals surface area (Å²) in [7, 11) is 3.17. The van der Waals surface area contributed by atoms with E-state index in [0.29, 0.717) is 12.3 Å². The van der Waals surface area contributed by atoms with Gasteiger partial charge >= 0.3 is 5.97 Å². The van der Waals surface area contributed by atoms with Gasteiger partial charge in [-0.25, -0.2) is 0 Å². The van der Waals surface area contributed by atoms with Gasteiger partial charge in [-0.15, -0.1) is 0 Å². The molecule has 1 aromatic carbocycles. The number of rotatable bonds is 6. The molecule has 0 aliphatic rings. The highest BCUT2D eigenvalue weighted by atomic mass is 16.5. The van der Waals surface area contributed by atoms with Gasteiger partial charge in [0.05, 0.1) is 26.3 Å². The molecule has 0 amide bonds. The molecule has 0 spiro atoms. The molecule has 0 heterocycles. The maximum atomic E-state index is 10.4. The third-order valence-corrected chi connectivity index (χ3v) is 2.43. The lowest BCUT2D eigenvalue weighted by Crippen LogP contribution is -2.09. The minimum atomic E-state index is -0.832. The number of carboxylic acids is 1. The van der Waals surface area contributed by atoms with Crippen LogP contribution in [0.4, 0.5) is 5.69 Å². The van der Waals surface area contributed by atoms with Crippen molar-refractivity contribution in [3.8, 4) is 11.5 Å². The summed E-state index contributed by atoms with van der Waals surface area (Å²) in [6.45, 7) is 2.25. The standard InChI is InChI=1S/C12H17NO4/c1-8-10(16-2)5-4-9(12(8)17-3)13-7-6-11(14)15/h4-5,13H,6-7H2,1-3H3,(H,14,15). The SMILES string of the molecule is COc1ccc(NCCC(=O)O)c(OC)c1C. The number of hydrogen-bond acceptors (Lipinski definition) is 4. The monoisotopic (exact) mass is 239 g/mol. The van der Waals surface area contributed by atoms with Crippen molar-refractivity contribution in [3.63, 3.8) is 0 Å². The zero-order valence-electron chi connectivity index (χ0n) is 10.2. The van der Waals surface area contributed by atoms with Gasteiger partial charge in [-0.1, -0.05) is 0 Å². The van der Waals surface area contributed by atoms with Crippen molar-refractivity contribution in [2.75, 3.05) is 26.1 Å². The quantitative estimate of drug-likeness (QED) is 0.793. The zero-order valence-corrected chi connectivity index (χ0v) is 10.2. The van der Waals surface area contributed by atoms with E-state index < -0.39 is 5.97 Å². The lowest BCUT2D eigenvalue weighted by atomic mass is 10.1. The van der Waals surface area contributed by atoms with Gasteiger partial charge in [0, 0.05) is 12.1 Å². The first-order valence-electron chi connectivity index (χ1n) is 5.27. The summed E-state index contributed by atoms with van der Waals surface area (Å²) in [5.41, 5.74) is 1.65. The molecule has 1 rings (SSSR count). The fraction of sp³-hybridized carbons (Fsp3) is 0.417. The Kier molecular flexibility index (Phi) is 4.63. The van der Waals surface area contributed by atoms with Crippen LogP contribution < -0.4 is 14.8 Å². The van der Waals surface area contributed by atoms with Crippen LogP contribution in [0.1, 0.15) is 12.0 Å². The number of carbonyl (C=O) groups is 1. The molecule has 0 radical (unpaired) electrons. The Labute approximate surface area is 100 Å². The van der Waals surface area contributed by atoms with Crippen molar-refractivity contribution in [3.05, 3.63) is 17.7 Å². The highest BCUT2D eigenvalue weighted by Gasteiger charge is 2.10. The second kappa shape index (κ2) is 5.98. The first-order valence-corrected chi connectivity index (χ1v) is 5.27. The summed E-state index contributed by atoms with van der Waals surface area (Å²) in [6, 6.07) is 3.63. The van der Waals surface area contributed by atoms with Gasteiger partial charge in [0.1, 0.15) is 11.5 Å². The van der Waals surface area contributed by atoms with E-state index in [9.17, 15) is 4.79 Å². The minimum absolute atomic E-state index is 0.0637. The molecule has 2 N–H and O–H groups in total. The van der Waals surface area contributed by atoms with E-state index in [-0.39, 0.29) is 6.42 Å². The summed E-state index contributed by atoms with van der Waals surface area (Å²) in [5.74, 6) is 0.585.